The molecule has 1 N–H and O–H groups in total. The van der Waals surface area contributed by atoms with Gasteiger partial charge in [-0.2, -0.15) is 0 Å². The van der Waals surface area contributed by atoms with Gasteiger partial charge in [0.1, 0.15) is 0 Å². The number of fused-ring (bicyclic) bond motifs is 1. The summed E-state index contributed by atoms with van der Waals surface area (Å²) in [6.45, 7) is 0. The van der Waals surface area contributed by atoms with E-state index in [1.54, 1.807) is 36.5 Å². The maximum Gasteiger partial charge on any atom is 0.270 e. The number of ketones is 1. The number of hydrogen-bond acceptors (Lipinski definition) is 3. The minimum Gasteiger partial charge on any atom is -0.360 e. The van der Waals surface area contributed by atoms with Crippen molar-refractivity contribution >= 4 is 22.4 Å². The number of aromatic nitrogens is 1. The average Bonchev–Trinajstić information content (AvgIpc) is 2.90. The lowest BCUT2D eigenvalue weighted by Gasteiger charge is -1.99. The van der Waals surface area contributed by atoms with E-state index in [-0.39, 0.29) is 11.5 Å². The van der Waals surface area contributed by atoms with Crippen LogP contribution >= 0.6 is 0 Å². The van der Waals surface area contributed by atoms with Crippen LogP contribution in [0.4, 0.5) is 5.69 Å². The van der Waals surface area contributed by atoms with E-state index in [4.69, 9.17) is 0 Å². The molecule has 0 bridgehead atoms. The van der Waals surface area contributed by atoms with Gasteiger partial charge in [-0.25, -0.2) is 0 Å². The van der Waals surface area contributed by atoms with Crippen molar-refractivity contribution in [3.63, 3.8) is 0 Å². The lowest BCUT2D eigenvalue weighted by molar-refractivity contribution is -0.384. The molecule has 1 aromatic heterocycles. The van der Waals surface area contributed by atoms with Crippen molar-refractivity contribution in [2.24, 2.45) is 0 Å². The zero-order chi connectivity index (χ0) is 14.1. The fraction of sp³-hybridized carbons (Fsp3) is 0. The summed E-state index contributed by atoms with van der Waals surface area (Å²) in [5, 5.41) is 11.4. The second-order valence-electron chi connectivity index (χ2n) is 4.38. The Labute approximate surface area is 114 Å². The molecule has 0 radical (unpaired) electrons. The van der Waals surface area contributed by atoms with Crippen LogP contribution < -0.4 is 0 Å². The van der Waals surface area contributed by atoms with Gasteiger partial charge in [-0.15, -0.1) is 0 Å². The fourth-order valence-electron chi connectivity index (χ4n) is 2.16. The van der Waals surface area contributed by atoms with Crippen molar-refractivity contribution in [1.29, 1.82) is 0 Å². The number of nitro benzene ring substituents is 1. The minimum atomic E-state index is -0.469. The van der Waals surface area contributed by atoms with Gasteiger partial charge < -0.3 is 4.98 Å². The van der Waals surface area contributed by atoms with Gasteiger partial charge in [-0.3, -0.25) is 14.9 Å². The second-order valence-corrected chi connectivity index (χ2v) is 4.38. The SMILES string of the molecule is O=C(c1ccccc1)c1c[nH]c2ccc([N+](=O)[O-])cc12. The molecule has 0 saturated heterocycles. The Morgan fingerprint density at radius 1 is 1.10 bits per heavy atom. The summed E-state index contributed by atoms with van der Waals surface area (Å²) in [5.41, 5.74) is 1.67. The summed E-state index contributed by atoms with van der Waals surface area (Å²) in [6.07, 6.45) is 1.59. The lowest BCUT2D eigenvalue weighted by atomic mass is 10.0. The van der Waals surface area contributed by atoms with Gasteiger partial charge in [0.25, 0.3) is 5.69 Å². The Morgan fingerprint density at radius 3 is 2.55 bits per heavy atom. The van der Waals surface area contributed by atoms with E-state index in [2.05, 4.69) is 4.98 Å². The van der Waals surface area contributed by atoms with Crippen molar-refractivity contribution in [2.45, 2.75) is 0 Å². The van der Waals surface area contributed by atoms with Gasteiger partial charge in [-0.05, 0) is 6.07 Å². The molecule has 20 heavy (non-hydrogen) atoms. The molecule has 0 amide bonds. The number of aromatic amines is 1. The van der Waals surface area contributed by atoms with E-state index in [1.165, 1.54) is 12.1 Å². The molecule has 0 aliphatic rings. The quantitative estimate of drug-likeness (QED) is 0.449. The van der Waals surface area contributed by atoms with Gasteiger partial charge in [0.05, 0.1) is 4.92 Å². The molecule has 0 aliphatic carbocycles. The Balaban J connectivity index is 2.14. The molecule has 1 heterocycles. The topological polar surface area (TPSA) is 76.0 Å². The molecule has 0 unspecified atom stereocenters. The van der Waals surface area contributed by atoms with E-state index in [0.29, 0.717) is 22.0 Å². The third kappa shape index (κ3) is 1.95. The van der Waals surface area contributed by atoms with Gasteiger partial charge >= 0.3 is 0 Å². The monoisotopic (exact) mass is 266 g/mol. The third-order valence-corrected chi connectivity index (χ3v) is 3.16. The van der Waals surface area contributed by atoms with Crippen molar-refractivity contribution in [1.82, 2.24) is 4.98 Å². The number of nitro groups is 1. The Hall–Kier alpha value is -2.95. The van der Waals surface area contributed by atoms with Crippen LogP contribution in [0.2, 0.25) is 0 Å². The van der Waals surface area contributed by atoms with Crippen LogP contribution in [-0.4, -0.2) is 15.7 Å². The van der Waals surface area contributed by atoms with E-state index >= 15 is 0 Å². The van der Waals surface area contributed by atoms with E-state index < -0.39 is 4.92 Å². The highest BCUT2D eigenvalue weighted by Crippen LogP contribution is 2.25. The highest BCUT2D eigenvalue weighted by Gasteiger charge is 2.16. The zero-order valence-corrected chi connectivity index (χ0v) is 10.4. The van der Waals surface area contributed by atoms with Gasteiger partial charge in [0.2, 0.25) is 0 Å². The van der Waals surface area contributed by atoms with E-state index in [1.807, 2.05) is 6.07 Å². The van der Waals surface area contributed by atoms with Crippen molar-refractivity contribution < 1.29 is 9.72 Å². The highest BCUT2D eigenvalue weighted by atomic mass is 16.6. The summed E-state index contributed by atoms with van der Waals surface area (Å²) in [7, 11) is 0. The van der Waals surface area contributed by atoms with Crippen LogP contribution in [0.15, 0.2) is 54.7 Å². The maximum atomic E-state index is 12.4. The molecule has 3 rings (SSSR count). The third-order valence-electron chi connectivity index (χ3n) is 3.16. The molecule has 2 aromatic carbocycles. The van der Waals surface area contributed by atoms with Crippen molar-refractivity contribution in [2.75, 3.05) is 0 Å². The van der Waals surface area contributed by atoms with Crippen LogP contribution in [0, 0.1) is 10.1 Å². The van der Waals surface area contributed by atoms with Gasteiger partial charge in [0, 0.05) is 40.4 Å². The van der Waals surface area contributed by atoms with E-state index in [9.17, 15) is 14.9 Å². The molecule has 5 heteroatoms. The van der Waals surface area contributed by atoms with Crippen LogP contribution in [0.3, 0.4) is 0 Å². The van der Waals surface area contributed by atoms with Crippen LogP contribution in [-0.2, 0) is 0 Å². The summed E-state index contributed by atoms with van der Waals surface area (Å²) in [6, 6.07) is 13.3. The summed E-state index contributed by atoms with van der Waals surface area (Å²) < 4.78 is 0. The number of H-pyrrole nitrogens is 1. The zero-order valence-electron chi connectivity index (χ0n) is 10.4. The lowest BCUT2D eigenvalue weighted by Crippen LogP contribution is -1.99. The molecule has 5 nitrogen and oxygen atoms in total. The standard InChI is InChI=1S/C15H10N2O3/c18-15(10-4-2-1-3-5-10)13-9-16-14-7-6-11(17(19)20)8-12(13)14/h1-9,16H. The molecule has 98 valence electrons. The Kier molecular flexibility index (Phi) is 2.80. The number of carbonyl (C=O) groups excluding carboxylic acids is 1. The molecule has 3 aromatic rings. The Morgan fingerprint density at radius 2 is 1.85 bits per heavy atom. The smallest absolute Gasteiger partial charge is 0.270 e. The first kappa shape index (κ1) is 12.1. The molecule has 0 spiro atoms. The molecular weight excluding hydrogens is 256 g/mol. The molecule has 0 saturated carbocycles. The normalized spacial score (nSPS) is 10.6. The van der Waals surface area contributed by atoms with Crippen molar-refractivity contribution in [3.8, 4) is 0 Å². The average molecular weight is 266 g/mol. The fourth-order valence-corrected chi connectivity index (χ4v) is 2.16. The van der Waals surface area contributed by atoms with Crippen LogP contribution in [0.1, 0.15) is 15.9 Å². The summed E-state index contributed by atoms with van der Waals surface area (Å²) >= 11 is 0. The highest BCUT2D eigenvalue weighted by molar-refractivity contribution is 6.16. The molecular formula is C15H10N2O3. The van der Waals surface area contributed by atoms with Gasteiger partial charge in [-0.1, -0.05) is 30.3 Å². The van der Waals surface area contributed by atoms with E-state index in [0.717, 1.165) is 0 Å². The molecule has 0 atom stereocenters. The first-order valence-corrected chi connectivity index (χ1v) is 6.02. The predicted octanol–water partition coefficient (Wildman–Crippen LogP) is 3.31. The van der Waals surface area contributed by atoms with Crippen molar-refractivity contribution in [3.05, 3.63) is 76.0 Å². The number of nitrogens with one attached hydrogen (secondary N) is 1. The first-order valence-electron chi connectivity index (χ1n) is 6.02. The minimum absolute atomic E-state index is 0.0285. The number of rotatable bonds is 3. The van der Waals surface area contributed by atoms with Crippen LogP contribution in [0.5, 0.6) is 0 Å². The number of nitrogens with zero attached hydrogens (tertiary/aromatic N) is 1. The summed E-state index contributed by atoms with van der Waals surface area (Å²) in [4.78, 5) is 25.7. The summed E-state index contributed by atoms with van der Waals surface area (Å²) in [5.74, 6) is -0.155. The second kappa shape index (κ2) is 4.62. The Bertz CT molecular complexity index is 806. The largest absolute Gasteiger partial charge is 0.360 e. The van der Waals surface area contributed by atoms with Gasteiger partial charge in [0.15, 0.2) is 5.78 Å². The maximum absolute atomic E-state index is 12.4. The molecule has 0 fully saturated rings. The first-order chi connectivity index (χ1) is 9.66. The molecule has 0 aliphatic heterocycles. The number of non-ortho nitro benzene ring substituents is 1. The number of carbonyl (C=O) groups is 1. The predicted molar refractivity (Wildman–Crippen MR) is 74.8 cm³/mol. The number of hydrogen-bond donors (Lipinski definition) is 1. The number of benzene rings is 2. The van der Waals surface area contributed by atoms with Crippen LogP contribution in [0.25, 0.3) is 10.9 Å².